The molecule has 2 aliphatic carbocycles. The van der Waals surface area contributed by atoms with Crippen LogP contribution < -0.4 is 14.7 Å². The lowest BCUT2D eigenvalue weighted by Gasteiger charge is -2.31. The highest BCUT2D eigenvalue weighted by atomic mass is 32.2. The molecular formula is C83H80N18O7S. The first-order valence-corrected chi connectivity index (χ1v) is 38.9. The van der Waals surface area contributed by atoms with Crippen LogP contribution in [0.3, 0.4) is 0 Å². The number of para-hydroxylation sites is 2. The first-order chi connectivity index (χ1) is 52.8. The van der Waals surface area contributed by atoms with Crippen LogP contribution in [0.1, 0.15) is 47.7 Å². The number of nitrogens with zero attached hydrogens (tertiary/aromatic N) is 18. The number of carboxylic acid groups (broad SMARTS) is 2. The number of carbonyl (C=O) groups is 2. The summed E-state index contributed by atoms with van der Waals surface area (Å²) in [5.41, 5.74) is 19.5. The van der Waals surface area contributed by atoms with Crippen molar-refractivity contribution in [3.63, 3.8) is 0 Å². The molecule has 26 heteroatoms. The Hall–Kier alpha value is -12.2. The lowest BCUT2D eigenvalue weighted by atomic mass is 10.0. The van der Waals surface area contributed by atoms with Crippen LogP contribution in [0, 0.1) is 56.3 Å². The number of aliphatic carboxylic acids is 2. The second kappa shape index (κ2) is 26.7. The number of fused-ring (bicyclic) bond motifs is 8. The summed E-state index contributed by atoms with van der Waals surface area (Å²) < 4.78 is 35.3. The third-order valence-corrected chi connectivity index (χ3v) is 24.8. The maximum Gasteiger partial charge on any atom is 0.307 e. The summed E-state index contributed by atoms with van der Waals surface area (Å²) in [5.74, 6) is 1.94. The number of aliphatic hydroxyl groups is 1. The van der Waals surface area contributed by atoms with Crippen LogP contribution >= 0.6 is 0 Å². The van der Waals surface area contributed by atoms with Gasteiger partial charge in [0.25, 0.3) is 0 Å². The van der Waals surface area contributed by atoms with Gasteiger partial charge >= 0.3 is 11.9 Å². The van der Waals surface area contributed by atoms with Crippen LogP contribution in [-0.4, -0.2) is 160 Å². The molecule has 4 atom stereocenters. The average molecular weight is 1470 g/mol. The molecule has 3 aliphatic heterocycles. The Morgan fingerprint density at radius 2 is 0.963 bits per heavy atom. The zero-order valence-electron chi connectivity index (χ0n) is 61.3. The van der Waals surface area contributed by atoms with Crippen molar-refractivity contribution >= 4 is 99.3 Å². The summed E-state index contributed by atoms with van der Waals surface area (Å²) in [5, 5.41) is 62.6. The van der Waals surface area contributed by atoms with E-state index in [1.807, 2.05) is 166 Å². The third-order valence-electron chi connectivity index (χ3n) is 23.1. The second-order valence-corrected chi connectivity index (χ2v) is 32.1. The predicted molar refractivity (Wildman–Crippen MR) is 420 cm³/mol. The summed E-state index contributed by atoms with van der Waals surface area (Å²) in [6.07, 6.45) is 15.0. The molecule has 20 rings (SSSR count). The molecule has 5 aromatic carbocycles. The monoisotopic (exact) mass is 1470 g/mol. The van der Waals surface area contributed by atoms with E-state index >= 15 is 0 Å². The molecule has 3 N–H and O–H groups in total. The molecule has 25 nitrogen and oxygen atoms in total. The summed E-state index contributed by atoms with van der Waals surface area (Å²) >= 11 is 0. The lowest BCUT2D eigenvalue weighted by Crippen LogP contribution is -2.39. The summed E-state index contributed by atoms with van der Waals surface area (Å²) in [6, 6.07) is 47.2. The Kier molecular flexibility index (Phi) is 16.8. The molecule has 2 saturated carbocycles. The fraction of sp³-hybridized carbons (Fsp3) is 0.289. The molecule has 3 saturated heterocycles. The number of carboxylic acids is 2. The molecule has 0 spiro atoms. The van der Waals surface area contributed by atoms with Crippen LogP contribution in [0.4, 0.5) is 17.5 Å². The fourth-order valence-electron chi connectivity index (χ4n) is 17.4. The van der Waals surface area contributed by atoms with Gasteiger partial charge in [0.05, 0.1) is 98.1 Å². The number of aliphatic hydroxyl groups excluding tert-OH is 1. The quantitative estimate of drug-likeness (QED) is 0.0912. The molecule has 0 amide bonds. The van der Waals surface area contributed by atoms with Gasteiger partial charge in [-0.25, -0.2) is 41.9 Å². The topological polar surface area (TPSA) is 284 Å². The van der Waals surface area contributed by atoms with Gasteiger partial charge in [0.2, 0.25) is 0 Å². The fourth-order valence-corrected chi connectivity index (χ4v) is 18.5. The van der Waals surface area contributed by atoms with Gasteiger partial charge in [0.1, 0.15) is 44.4 Å². The van der Waals surface area contributed by atoms with Crippen LogP contribution in [0.25, 0.3) is 111 Å². The number of hydrogen-bond donors (Lipinski definition) is 3. The van der Waals surface area contributed by atoms with Crippen molar-refractivity contribution in [3.05, 3.63) is 205 Å². The van der Waals surface area contributed by atoms with Crippen molar-refractivity contribution in [1.29, 1.82) is 0 Å². The van der Waals surface area contributed by atoms with Crippen LogP contribution in [-0.2, 0) is 46.5 Å². The minimum Gasteiger partial charge on any atom is -0.481 e. The number of aryl methyl sites for hydroxylation is 6. The minimum atomic E-state index is -3.02. The highest BCUT2D eigenvalue weighted by molar-refractivity contribution is 7.91. The molecule has 13 heterocycles. The third kappa shape index (κ3) is 12.0. The summed E-state index contributed by atoms with van der Waals surface area (Å²) in [4.78, 5) is 43.4. The van der Waals surface area contributed by atoms with E-state index in [2.05, 4.69) is 111 Å². The largest absolute Gasteiger partial charge is 0.481 e. The highest BCUT2D eigenvalue weighted by Crippen LogP contribution is 2.54. The lowest BCUT2D eigenvalue weighted by molar-refractivity contribution is -0.140. The molecule has 550 valence electrons. The van der Waals surface area contributed by atoms with Crippen molar-refractivity contribution in [2.75, 3.05) is 60.2 Å². The number of aromatic nitrogens is 15. The predicted octanol–water partition coefficient (Wildman–Crippen LogP) is 12.2. The zero-order valence-corrected chi connectivity index (χ0v) is 62.1. The molecule has 0 bridgehead atoms. The van der Waals surface area contributed by atoms with E-state index in [1.54, 1.807) is 0 Å². The molecule has 5 aliphatic rings. The maximum absolute atomic E-state index is 11.9. The van der Waals surface area contributed by atoms with E-state index < -0.39 is 21.8 Å². The normalized spacial score (nSPS) is 18.9. The van der Waals surface area contributed by atoms with Gasteiger partial charge in [-0.1, -0.05) is 79.7 Å². The highest BCUT2D eigenvalue weighted by Gasteiger charge is 2.61. The number of piperidine rings is 3. The van der Waals surface area contributed by atoms with Gasteiger partial charge in [0.15, 0.2) is 0 Å². The van der Waals surface area contributed by atoms with E-state index in [0.717, 1.165) is 183 Å². The van der Waals surface area contributed by atoms with Crippen molar-refractivity contribution in [3.8, 4) is 50.8 Å². The van der Waals surface area contributed by atoms with Crippen molar-refractivity contribution in [1.82, 2.24) is 73.5 Å². The average Bonchev–Trinajstić information content (AvgIpc) is 1.59. The van der Waals surface area contributed by atoms with Gasteiger partial charge in [-0.2, -0.15) is 30.6 Å². The molecule has 5 fully saturated rings. The number of sulfone groups is 1. The first kappa shape index (κ1) is 68.6. The minimum absolute atomic E-state index is 0.0545. The van der Waals surface area contributed by atoms with E-state index in [4.69, 9.17) is 30.2 Å². The van der Waals surface area contributed by atoms with Gasteiger partial charge in [-0.3, -0.25) is 19.0 Å². The molecule has 109 heavy (non-hydrogen) atoms. The number of anilines is 3. The summed E-state index contributed by atoms with van der Waals surface area (Å²) in [7, 11) is 0.831. The first-order valence-electron chi connectivity index (χ1n) is 37.0. The molecule has 10 aromatic heterocycles. The summed E-state index contributed by atoms with van der Waals surface area (Å²) in [6.45, 7) is 12.6. The van der Waals surface area contributed by atoms with Crippen molar-refractivity contribution < 1.29 is 33.3 Å². The SMILES string of the molecule is CCc1cccc2c(-c3cccc4nn(C)cc34)nn(-c3ccc(N4CC5C(C4)C5C(=O)O)nc3)c12.Cc1c(CO)ccc2c(-c3cccc4nn(C)cc34)nn(-c3ccc(N4CCC(S(C)(=O)=O)CC4)nc3)c12.Cc1cc2c(-c3nn(-c4ccc(N5CC6C(C5)C6C(=O)O)nc4)c4c(C)cccc34)cccn2n1. The van der Waals surface area contributed by atoms with E-state index in [1.165, 1.54) is 11.8 Å². The van der Waals surface area contributed by atoms with Crippen LogP contribution in [0.2, 0.25) is 0 Å². The zero-order chi connectivity index (χ0) is 75.0. The van der Waals surface area contributed by atoms with E-state index in [0.29, 0.717) is 25.9 Å². The molecular weight excluding hydrogens is 1390 g/mol. The Balaban J connectivity index is 0.000000115. The van der Waals surface area contributed by atoms with E-state index in [9.17, 15) is 33.3 Å². The van der Waals surface area contributed by atoms with Gasteiger partial charge in [-0.05, 0) is 153 Å². The number of benzene rings is 5. The number of pyridine rings is 4. The second-order valence-electron chi connectivity index (χ2n) is 29.8. The van der Waals surface area contributed by atoms with Crippen molar-refractivity contribution in [2.45, 2.75) is 58.8 Å². The number of rotatable bonds is 14. The Morgan fingerprint density at radius 3 is 1.46 bits per heavy atom. The standard InChI is InChI=1S/C28H30N6O3S.C28H26N6O2.C27H24N6O2/c1-18-19(17-35)7-9-23-27(22-5-4-6-25-24(22)16-32(2)30-25)31-34(28(18)23)20-8-10-26(29-15-20)33-13-11-21(12-14-33)38(3,36)37;1-3-16-6-4-8-19-26(18-7-5-9-23-20(18)13-32(2)30-23)31-34(27(16)19)17-10-11-24(29-12-17)33-14-21-22(15-33)25(21)28(35)36;1-15-5-3-6-19-25(18-7-4-10-32-22(18)11-16(2)29-32)30-33(26(15)19)17-8-9-23(28-12-17)31-13-20-21(14-31)24(20)27(34)35/h4-10,15-16,21,35H,11-14,17H2,1-3H3;4-13,21-22,25H,3,14-15H2,1-2H3,(H,35,36);3-12,20-21,24H,13-14H2,1-2H3,(H,34,35). The molecule has 15 aromatic rings. The Labute approximate surface area is 626 Å². The van der Waals surface area contributed by atoms with Gasteiger partial charge in [0, 0.05) is 122 Å². The van der Waals surface area contributed by atoms with Crippen LogP contribution in [0.5, 0.6) is 0 Å². The Bertz CT molecular complexity index is 6220. The van der Waals surface area contributed by atoms with Crippen molar-refractivity contribution in [2.24, 2.45) is 49.6 Å². The Morgan fingerprint density at radius 1 is 0.495 bits per heavy atom. The van der Waals surface area contributed by atoms with Crippen LogP contribution in [0.15, 0.2) is 177 Å². The molecule has 0 radical (unpaired) electrons. The number of hydrogen-bond acceptors (Lipinski definition) is 17. The maximum atomic E-state index is 11.9. The van der Waals surface area contributed by atoms with Gasteiger partial charge < -0.3 is 30.0 Å². The van der Waals surface area contributed by atoms with E-state index in [-0.39, 0.29) is 47.4 Å². The molecule has 4 unspecified atom stereocenters. The smallest absolute Gasteiger partial charge is 0.307 e. The van der Waals surface area contributed by atoms with Gasteiger partial charge in [-0.15, -0.1) is 0 Å².